The molecule has 3 aliphatic heterocycles. The zero-order valence-corrected chi connectivity index (χ0v) is 14.1. The fourth-order valence-corrected chi connectivity index (χ4v) is 4.10. The maximum Gasteiger partial charge on any atom is 0.320 e. The van der Waals surface area contributed by atoms with Gasteiger partial charge in [0, 0.05) is 51.7 Å². The molecule has 0 N–H and O–H groups in total. The number of piperidine rings is 1. The van der Waals surface area contributed by atoms with E-state index in [9.17, 15) is 4.79 Å². The molecule has 3 saturated heterocycles. The second kappa shape index (κ2) is 6.55. The Labute approximate surface area is 142 Å². The Hall–Kier alpha value is -1.89. The van der Waals surface area contributed by atoms with E-state index >= 15 is 0 Å². The number of amides is 2. The fraction of sp³-hybridized carbons (Fsp3) is 0.706. The van der Waals surface area contributed by atoms with Gasteiger partial charge in [-0.2, -0.15) is 0 Å². The van der Waals surface area contributed by atoms with Crippen molar-refractivity contribution in [2.75, 3.05) is 57.4 Å². The zero-order chi connectivity index (χ0) is 16.4. The van der Waals surface area contributed by atoms with E-state index in [1.165, 1.54) is 0 Å². The molecular weight excluding hydrogens is 306 g/mol. The van der Waals surface area contributed by atoms with Crippen LogP contribution in [0.15, 0.2) is 18.5 Å². The van der Waals surface area contributed by atoms with Crippen LogP contribution in [0.4, 0.5) is 10.7 Å². The van der Waals surface area contributed by atoms with Gasteiger partial charge in [-0.1, -0.05) is 0 Å². The van der Waals surface area contributed by atoms with E-state index in [2.05, 4.69) is 19.8 Å². The molecule has 3 fully saturated rings. The topological polar surface area (TPSA) is 61.8 Å². The summed E-state index contributed by atoms with van der Waals surface area (Å²) in [6.07, 6.45) is 6.93. The van der Waals surface area contributed by atoms with Crippen LogP contribution in [0.2, 0.25) is 0 Å². The summed E-state index contributed by atoms with van der Waals surface area (Å²) in [5, 5.41) is 0. The Morgan fingerprint density at radius 3 is 2.33 bits per heavy atom. The third-order valence-electron chi connectivity index (χ3n) is 5.65. The molecule has 1 aromatic heterocycles. The number of aromatic nitrogens is 2. The first-order valence-electron chi connectivity index (χ1n) is 8.89. The van der Waals surface area contributed by atoms with E-state index in [1.807, 2.05) is 11.0 Å². The molecule has 0 saturated carbocycles. The number of likely N-dealkylation sites (tertiary alicyclic amines) is 1. The molecule has 3 aliphatic rings. The van der Waals surface area contributed by atoms with Gasteiger partial charge in [-0.05, 0) is 30.7 Å². The lowest BCUT2D eigenvalue weighted by atomic mass is 9.78. The van der Waals surface area contributed by atoms with Gasteiger partial charge in [0.1, 0.15) is 0 Å². The van der Waals surface area contributed by atoms with Gasteiger partial charge in [0.15, 0.2) is 0 Å². The van der Waals surface area contributed by atoms with E-state index in [0.717, 1.165) is 64.5 Å². The van der Waals surface area contributed by atoms with Crippen LogP contribution >= 0.6 is 0 Å². The zero-order valence-electron chi connectivity index (χ0n) is 14.1. The van der Waals surface area contributed by atoms with E-state index in [-0.39, 0.29) is 11.4 Å². The molecule has 0 aliphatic carbocycles. The van der Waals surface area contributed by atoms with Crippen molar-refractivity contribution in [1.82, 2.24) is 19.8 Å². The first-order valence-corrected chi connectivity index (χ1v) is 8.89. The summed E-state index contributed by atoms with van der Waals surface area (Å²) in [7, 11) is 0. The van der Waals surface area contributed by atoms with Gasteiger partial charge in [-0.15, -0.1) is 0 Å². The summed E-state index contributed by atoms with van der Waals surface area (Å²) in [4.78, 5) is 27.6. The fourth-order valence-electron chi connectivity index (χ4n) is 4.10. The van der Waals surface area contributed by atoms with Crippen molar-refractivity contribution in [3.05, 3.63) is 18.5 Å². The van der Waals surface area contributed by atoms with E-state index in [1.54, 1.807) is 12.4 Å². The Bertz CT molecular complexity index is 568. The summed E-state index contributed by atoms with van der Waals surface area (Å²) in [5.41, 5.74) is 0.285. The van der Waals surface area contributed by atoms with Crippen molar-refractivity contribution in [2.45, 2.75) is 19.3 Å². The Balaban J connectivity index is 1.34. The number of morpholine rings is 1. The summed E-state index contributed by atoms with van der Waals surface area (Å²) in [6.45, 7) is 6.51. The van der Waals surface area contributed by atoms with Crippen LogP contribution < -0.4 is 4.90 Å². The molecule has 4 heterocycles. The quantitative estimate of drug-likeness (QED) is 0.774. The van der Waals surface area contributed by atoms with Crippen LogP contribution in [0, 0.1) is 5.41 Å². The highest BCUT2D eigenvalue weighted by atomic mass is 16.5. The molecule has 1 spiro atoms. The molecule has 0 unspecified atom stereocenters. The molecule has 7 heteroatoms. The standard InChI is InChI=1S/C17H25N5O2/c23-16(21-10-12-24-13-11-21)22-9-4-17(14-22)2-7-20(8-3-17)15-18-5-1-6-19-15/h1,5-6H,2-4,7-14H2. The van der Waals surface area contributed by atoms with Crippen LogP contribution in [0.5, 0.6) is 0 Å². The van der Waals surface area contributed by atoms with E-state index < -0.39 is 0 Å². The minimum Gasteiger partial charge on any atom is -0.378 e. The number of carbonyl (C=O) groups is 1. The van der Waals surface area contributed by atoms with E-state index in [4.69, 9.17) is 4.74 Å². The van der Waals surface area contributed by atoms with Crippen LogP contribution in [0.1, 0.15) is 19.3 Å². The molecule has 0 aromatic carbocycles. The predicted octanol–water partition coefficient (Wildman–Crippen LogP) is 1.22. The van der Waals surface area contributed by atoms with Crippen LogP contribution in [-0.4, -0.2) is 78.3 Å². The van der Waals surface area contributed by atoms with Gasteiger partial charge in [0.05, 0.1) is 13.2 Å². The van der Waals surface area contributed by atoms with Crippen molar-refractivity contribution >= 4 is 12.0 Å². The highest BCUT2D eigenvalue weighted by Gasteiger charge is 2.43. The molecule has 24 heavy (non-hydrogen) atoms. The molecule has 0 atom stereocenters. The molecule has 0 radical (unpaired) electrons. The first kappa shape index (κ1) is 15.6. The van der Waals surface area contributed by atoms with Gasteiger partial charge < -0.3 is 19.4 Å². The number of hydrogen-bond acceptors (Lipinski definition) is 5. The average molecular weight is 331 g/mol. The molecule has 1 aromatic rings. The average Bonchev–Trinajstić information content (AvgIpc) is 3.07. The highest BCUT2D eigenvalue weighted by Crippen LogP contribution is 2.41. The largest absolute Gasteiger partial charge is 0.378 e. The van der Waals surface area contributed by atoms with Crippen LogP contribution in [0.3, 0.4) is 0 Å². The Morgan fingerprint density at radius 2 is 1.62 bits per heavy atom. The Morgan fingerprint density at radius 1 is 0.958 bits per heavy atom. The maximum absolute atomic E-state index is 12.7. The number of rotatable bonds is 1. The van der Waals surface area contributed by atoms with Gasteiger partial charge in [0.25, 0.3) is 0 Å². The van der Waals surface area contributed by atoms with Crippen molar-refractivity contribution in [3.63, 3.8) is 0 Å². The maximum atomic E-state index is 12.7. The number of urea groups is 1. The number of nitrogens with zero attached hydrogens (tertiary/aromatic N) is 5. The number of anilines is 1. The van der Waals surface area contributed by atoms with Crippen molar-refractivity contribution in [1.29, 1.82) is 0 Å². The summed E-state index contributed by atoms with van der Waals surface area (Å²) < 4.78 is 5.35. The lowest BCUT2D eigenvalue weighted by Gasteiger charge is -2.39. The lowest BCUT2D eigenvalue weighted by molar-refractivity contribution is 0.0439. The Kier molecular flexibility index (Phi) is 4.26. The SMILES string of the molecule is O=C(N1CCOCC1)N1CCC2(CCN(c3ncccn3)CC2)C1. The summed E-state index contributed by atoms with van der Waals surface area (Å²) in [6, 6.07) is 2.05. The summed E-state index contributed by atoms with van der Waals surface area (Å²) >= 11 is 0. The third-order valence-corrected chi connectivity index (χ3v) is 5.65. The van der Waals surface area contributed by atoms with Crippen molar-refractivity contribution in [3.8, 4) is 0 Å². The molecule has 130 valence electrons. The van der Waals surface area contributed by atoms with Gasteiger partial charge in [0.2, 0.25) is 5.95 Å². The van der Waals surface area contributed by atoms with E-state index in [0.29, 0.717) is 13.2 Å². The van der Waals surface area contributed by atoms with Crippen molar-refractivity contribution in [2.24, 2.45) is 5.41 Å². The van der Waals surface area contributed by atoms with Crippen LogP contribution in [-0.2, 0) is 4.74 Å². The molecule has 2 amide bonds. The second-order valence-corrected chi connectivity index (χ2v) is 7.09. The first-order chi connectivity index (χ1) is 11.8. The van der Waals surface area contributed by atoms with Gasteiger partial charge in [-0.3, -0.25) is 0 Å². The minimum atomic E-state index is 0.198. The van der Waals surface area contributed by atoms with Gasteiger partial charge in [-0.25, -0.2) is 14.8 Å². The monoisotopic (exact) mass is 331 g/mol. The minimum absolute atomic E-state index is 0.198. The molecular formula is C17H25N5O2. The smallest absolute Gasteiger partial charge is 0.320 e. The predicted molar refractivity (Wildman–Crippen MR) is 89.9 cm³/mol. The summed E-state index contributed by atoms with van der Waals surface area (Å²) in [5.74, 6) is 0.826. The number of ether oxygens (including phenoxy) is 1. The van der Waals surface area contributed by atoms with Crippen molar-refractivity contribution < 1.29 is 9.53 Å². The number of carbonyl (C=O) groups excluding carboxylic acids is 1. The second-order valence-electron chi connectivity index (χ2n) is 7.09. The van der Waals surface area contributed by atoms with Gasteiger partial charge >= 0.3 is 6.03 Å². The molecule has 0 bridgehead atoms. The molecule has 4 rings (SSSR count). The molecule has 7 nitrogen and oxygen atoms in total. The third kappa shape index (κ3) is 3.05. The highest BCUT2D eigenvalue weighted by molar-refractivity contribution is 5.75. The number of hydrogen-bond donors (Lipinski definition) is 0. The normalized spacial score (nSPS) is 23.8. The van der Waals surface area contributed by atoms with Crippen LogP contribution in [0.25, 0.3) is 0 Å². The lowest BCUT2D eigenvalue weighted by Crippen LogP contribution is -2.49.